The zero-order valence-electron chi connectivity index (χ0n) is 7.79. The SMILES string of the molecule is CCN(CC)c1nc(N)cc(F)n1. The molecule has 72 valence electrons. The molecule has 1 rings (SSSR count). The van der Waals surface area contributed by atoms with E-state index >= 15 is 0 Å². The minimum atomic E-state index is -0.589. The van der Waals surface area contributed by atoms with Crippen LogP contribution in [0.4, 0.5) is 16.2 Å². The van der Waals surface area contributed by atoms with E-state index in [1.165, 1.54) is 0 Å². The lowest BCUT2D eigenvalue weighted by atomic mass is 10.5. The van der Waals surface area contributed by atoms with Gasteiger partial charge in [0.25, 0.3) is 0 Å². The first-order valence-corrected chi connectivity index (χ1v) is 4.22. The van der Waals surface area contributed by atoms with Crippen LogP contribution in [0.1, 0.15) is 13.8 Å². The van der Waals surface area contributed by atoms with Gasteiger partial charge in [-0.05, 0) is 13.8 Å². The molecule has 0 spiro atoms. The second kappa shape index (κ2) is 4.02. The summed E-state index contributed by atoms with van der Waals surface area (Å²) in [7, 11) is 0. The van der Waals surface area contributed by atoms with Crippen LogP contribution in [-0.2, 0) is 0 Å². The second-order valence-corrected chi connectivity index (χ2v) is 2.59. The predicted octanol–water partition coefficient (Wildman–Crippen LogP) is 1.04. The number of aromatic nitrogens is 2. The highest BCUT2D eigenvalue weighted by Crippen LogP contribution is 2.10. The molecule has 4 nitrogen and oxygen atoms in total. The van der Waals surface area contributed by atoms with Gasteiger partial charge in [-0.2, -0.15) is 14.4 Å². The molecule has 1 aromatic heterocycles. The van der Waals surface area contributed by atoms with Crippen LogP contribution >= 0.6 is 0 Å². The highest BCUT2D eigenvalue weighted by Gasteiger charge is 2.07. The fraction of sp³-hybridized carbons (Fsp3) is 0.500. The van der Waals surface area contributed by atoms with Gasteiger partial charge in [0.05, 0.1) is 0 Å². The van der Waals surface area contributed by atoms with Crippen molar-refractivity contribution in [2.45, 2.75) is 13.8 Å². The molecule has 1 heterocycles. The summed E-state index contributed by atoms with van der Waals surface area (Å²) in [5.41, 5.74) is 5.39. The van der Waals surface area contributed by atoms with Crippen molar-refractivity contribution in [1.29, 1.82) is 0 Å². The lowest BCUT2D eigenvalue weighted by Gasteiger charge is -2.18. The summed E-state index contributed by atoms with van der Waals surface area (Å²) in [4.78, 5) is 9.41. The van der Waals surface area contributed by atoms with Crippen LogP contribution in [0.15, 0.2) is 6.07 Å². The standard InChI is InChI=1S/C8H13FN4/c1-3-13(4-2)8-11-6(9)5-7(10)12-8/h5H,3-4H2,1-2H3,(H2,10,11,12). The van der Waals surface area contributed by atoms with Gasteiger partial charge in [-0.25, -0.2) is 0 Å². The Balaban J connectivity index is 2.99. The lowest BCUT2D eigenvalue weighted by Crippen LogP contribution is -2.24. The van der Waals surface area contributed by atoms with E-state index in [9.17, 15) is 4.39 Å². The Morgan fingerprint density at radius 1 is 1.38 bits per heavy atom. The Labute approximate surface area is 76.6 Å². The molecule has 0 bridgehead atoms. The number of halogens is 1. The van der Waals surface area contributed by atoms with Crippen LogP contribution in [0.3, 0.4) is 0 Å². The maximum Gasteiger partial charge on any atom is 0.229 e. The van der Waals surface area contributed by atoms with Crippen LogP contribution in [0.5, 0.6) is 0 Å². The fourth-order valence-corrected chi connectivity index (χ4v) is 1.07. The number of hydrogen-bond acceptors (Lipinski definition) is 4. The maximum absolute atomic E-state index is 12.8. The average Bonchev–Trinajstić information content (AvgIpc) is 2.04. The van der Waals surface area contributed by atoms with E-state index in [1.807, 2.05) is 18.7 Å². The Morgan fingerprint density at radius 3 is 2.46 bits per heavy atom. The third-order valence-corrected chi connectivity index (χ3v) is 1.75. The molecule has 0 saturated heterocycles. The van der Waals surface area contributed by atoms with Gasteiger partial charge < -0.3 is 10.6 Å². The molecule has 0 unspecified atom stereocenters. The largest absolute Gasteiger partial charge is 0.383 e. The number of nitrogens with zero attached hydrogens (tertiary/aromatic N) is 3. The number of nitrogen functional groups attached to an aromatic ring is 1. The summed E-state index contributed by atoms with van der Waals surface area (Å²) in [5.74, 6) is -0.0775. The fourth-order valence-electron chi connectivity index (χ4n) is 1.07. The van der Waals surface area contributed by atoms with Crippen molar-refractivity contribution in [2.24, 2.45) is 0 Å². The quantitative estimate of drug-likeness (QED) is 0.713. The van der Waals surface area contributed by atoms with E-state index in [-0.39, 0.29) is 5.82 Å². The summed E-state index contributed by atoms with van der Waals surface area (Å²) in [6.07, 6.45) is 0. The molecular formula is C8H13FN4. The zero-order valence-corrected chi connectivity index (χ0v) is 7.79. The molecule has 0 aromatic carbocycles. The smallest absolute Gasteiger partial charge is 0.229 e. The molecule has 0 saturated carbocycles. The Hall–Kier alpha value is -1.39. The zero-order chi connectivity index (χ0) is 9.84. The van der Waals surface area contributed by atoms with Gasteiger partial charge in [0, 0.05) is 19.2 Å². The van der Waals surface area contributed by atoms with Crippen molar-refractivity contribution in [3.05, 3.63) is 12.0 Å². The molecule has 13 heavy (non-hydrogen) atoms. The number of rotatable bonds is 3. The molecule has 0 aliphatic rings. The van der Waals surface area contributed by atoms with Crippen molar-refractivity contribution < 1.29 is 4.39 Å². The summed E-state index contributed by atoms with van der Waals surface area (Å²) < 4.78 is 12.8. The molecular weight excluding hydrogens is 171 g/mol. The highest BCUT2D eigenvalue weighted by molar-refractivity contribution is 5.37. The van der Waals surface area contributed by atoms with Gasteiger partial charge >= 0.3 is 0 Å². The summed E-state index contributed by atoms with van der Waals surface area (Å²) in [5, 5.41) is 0. The Kier molecular flexibility index (Phi) is 3.00. The maximum atomic E-state index is 12.8. The Morgan fingerprint density at radius 2 is 2.00 bits per heavy atom. The molecule has 2 N–H and O–H groups in total. The topological polar surface area (TPSA) is 55.0 Å². The van der Waals surface area contributed by atoms with E-state index in [4.69, 9.17) is 5.73 Å². The minimum Gasteiger partial charge on any atom is -0.383 e. The first kappa shape index (κ1) is 9.70. The molecule has 0 atom stereocenters. The molecule has 0 amide bonds. The van der Waals surface area contributed by atoms with E-state index in [0.717, 1.165) is 19.2 Å². The summed E-state index contributed by atoms with van der Waals surface area (Å²) >= 11 is 0. The van der Waals surface area contributed by atoms with Crippen molar-refractivity contribution in [2.75, 3.05) is 23.7 Å². The van der Waals surface area contributed by atoms with Crippen molar-refractivity contribution >= 4 is 11.8 Å². The number of nitrogens with two attached hydrogens (primary N) is 1. The first-order chi connectivity index (χ1) is 6.17. The van der Waals surface area contributed by atoms with Gasteiger partial charge in [0.15, 0.2) is 0 Å². The van der Waals surface area contributed by atoms with Gasteiger partial charge in [-0.15, -0.1) is 0 Å². The molecule has 0 fully saturated rings. The van der Waals surface area contributed by atoms with Crippen LogP contribution in [-0.4, -0.2) is 23.1 Å². The van der Waals surface area contributed by atoms with E-state index < -0.39 is 5.95 Å². The van der Waals surface area contributed by atoms with E-state index in [0.29, 0.717) is 5.95 Å². The Bertz CT molecular complexity index is 265. The van der Waals surface area contributed by atoms with E-state index in [2.05, 4.69) is 9.97 Å². The third-order valence-electron chi connectivity index (χ3n) is 1.75. The van der Waals surface area contributed by atoms with Gasteiger partial charge in [0.2, 0.25) is 11.9 Å². The van der Waals surface area contributed by atoms with E-state index in [1.54, 1.807) is 0 Å². The van der Waals surface area contributed by atoms with Crippen molar-refractivity contribution in [1.82, 2.24) is 9.97 Å². The molecule has 5 heteroatoms. The molecule has 1 aromatic rings. The minimum absolute atomic E-state index is 0.161. The predicted molar refractivity (Wildman–Crippen MR) is 50.0 cm³/mol. The normalized spacial score (nSPS) is 10.1. The van der Waals surface area contributed by atoms with Crippen molar-refractivity contribution in [3.63, 3.8) is 0 Å². The summed E-state index contributed by atoms with van der Waals surface area (Å²) in [6.45, 7) is 5.38. The van der Waals surface area contributed by atoms with Crippen LogP contribution in [0, 0.1) is 5.95 Å². The lowest BCUT2D eigenvalue weighted by molar-refractivity contribution is 0.577. The molecule has 0 aliphatic carbocycles. The average molecular weight is 184 g/mol. The van der Waals surface area contributed by atoms with Crippen LogP contribution in [0.2, 0.25) is 0 Å². The van der Waals surface area contributed by atoms with Crippen LogP contribution in [0.25, 0.3) is 0 Å². The van der Waals surface area contributed by atoms with Crippen LogP contribution < -0.4 is 10.6 Å². The first-order valence-electron chi connectivity index (χ1n) is 4.22. The third kappa shape index (κ3) is 2.27. The number of anilines is 2. The van der Waals surface area contributed by atoms with Gasteiger partial charge in [-0.1, -0.05) is 0 Å². The molecule has 0 aliphatic heterocycles. The van der Waals surface area contributed by atoms with Gasteiger partial charge in [0.1, 0.15) is 5.82 Å². The van der Waals surface area contributed by atoms with Gasteiger partial charge in [-0.3, -0.25) is 0 Å². The van der Waals surface area contributed by atoms with Crippen molar-refractivity contribution in [3.8, 4) is 0 Å². The highest BCUT2D eigenvalue weighted by atomic mass is 19.1. The second-order valence-electron chi connectivity index (χ2n) is 2.59. The number of hydrogen-bond donors (Lipinski definition) is 1. The summed E-state index contributed by atoms with van der Waals surface area (Å²) in [6, 6.07) is 1.10. The monoisotopic (exact) mass is 184 g/mol. The molecule has 0 radical (unpaired) electrons.